The van der Waals surface area contributed by atoms with Gasteiger partial charge in [0.15, 0.2) is 0 Å². The molecule has 3 N–H and O–H groups in total. The molecule has 0 spiro atoms. The van der Waals surface area contributed by atoms with Gasteiger partial charge in [0.05, 0.1) is 24.8 Å². The summed E-state index contributed by atoms with van der Waals surface area (Å²) in [5.41, 5.74) is 0. The van der Waals surface area contributed by atoms with Gasteiger partial charge in [0.1, 0.15) is 0 Å². The lowest BCUT2D eigenvalue weighted by Gasteiger charge is -2.22. The van der Waals surface area contributed by atoms with Gasteiger partial charge in [-0.1, -0.05) is 13.8 Å². The van der Waals surface area contributed by atoms with Crippen LogP contribution >= 0.6 is 0 Å². The molecule has 1 fully saturated rings. The lowest BCUT2D eigenvalue weighted by Crippen LogP contribution is -2.48. The van der Waals surface area contributed by atoms with Gasteiger partial charge in [-0.3, -0.25) is 4.79 Å². The summed E-state index contributed by atoms with van der Waals surface area (Å²) < 4.78 is 5.18. The summed E-state index contributed by atoms with van der Waals surface area (Å²) in [6, 6.07) is -0.367. The predicted octanol–water partition coefficient (Wildman–Crippen LogP) is -0.504. The molecule has 0 aromatic rings. The van der Waals surface area contributed by atoms with Crippen molar-refractivity contribution in [1.29, 1.82) is 0 Å². The van der Waals surface area contributed by atoms with Crippen LogP contribution in [0.1, 0.15) is 20.3 Å². The summed E-state index contributed by atoms with van der Waals surface area (Å²) in [7, 11) is 1.65. The number of amides is 1. The first-order valence-electron chi connectivity index (χ1n) is 5.75. The molecule has 1 saturated heterocycles. The number of hydrogen-bond acceptors (Lipinski definition) is 4. The van der Waals surface area contributed by atoms with E-state index in [9.17, 15) is 4.79 Å². The molecule has 5 heteroatoms. The van der Waals surface area contributed by atoms with E-state index in [0.717, 1.165) is 0 Å². The largest absolute Gasteiger partial charge is 0.394 e. The van der Waals surface area contributed by atoms with Gasteiger partial charge in [0, 0.05) is 13.7 Å². The zero-order chi connectivity index (χ0) is 12.1. The minimum absolute atomic E-state index is 0.0240. The van der Waals surface area contributed by atoms with E-state index in [1.165, 1.54) is 0 Å². The summed E-state index contributed by atoms with van der Waals surface area (Å²) in [5.74, 6) is 0.181. The third-order valence-corrected chi connectivity index (χ3v) is 3.07. The van der Waals surface area contributed by atoms with Crippen LogP contribution in [0.15, 0.2) is 0 Å². The van der Waals surface area contributed by atoms with Gasteiger partial charge in [0.25, 0.3) is 0 Å². The Morgan fingerprint density at radius 3 is 2.75 bits per heavy atom. The molecule has 0 bridgehead atoms. The minimum Gasteiger partial charge on any atom is -0.394 e. The summed E-state index contributed by atoms with van der Waals surface area (Å²) in [5, 5.41) is 15.1. The van der Waals surface area contributed by atoms with E-state index in [0.29, 0.717) is 13.0 Å². The number of carbonyl (C=O) groups excluding carboxylic acids is 1. The number of ether oxygens (including phenoxy) is 1. The van der Waals surface area contributed by atoms with Crippen molar-refractivity contribution in [2.24, 2.45) is 5.92 Å². The highest BCUT2D eigenvalue weighted by molar-refractivity contribution is 5.82. The fourth-order valence-corrected chi connectivity index (χ4v) is 1.79. The Morgan fingerprint density at radius 2 is 2.31 bits per heavy atom. The van der Waals surface area contributed by atoms with Crippen LogP contribution in [0.2, 0.25) is 0 Å². The van der Waals surface area contributed by atoms with Gasteiger partial charge in [0.2, 0.25) is 5.91 Å². The molecule has 16 heavy (non-hydrogen) atoms. The van der Waals surface area contributed by atoms with Crippen LogP contribution in [-0.4, -0.2) is 49.5 Å². The molecular formula is C11H22N2O3. The summed E-state index contributed by atoms with van der Waals surface area (Å²) in [4.78, 5) is 11.8. The lowest BCUT2D eigenvalue weighted by atomic mass is 10.0. The number of aliphatic hydroxyl groups excluding tert-OH is 1. The quantitative estimate of drug-likeness (QED) is 0.595. The molecular weight excluding hydrogens is 208 g/mol. The van der Waals surface area contributed by atoms with Crippen molar-refractivity contribution in [3.05, 3.63) is 0 Å². The second kappa shape index (κ2) is 6.18. The smallest absolute Gasteiger partial charge is 0.237 e. The molecule has 1 aliphatic rings. The molecule has 1 amide bonds. The van der Waals surface area contributed by atoms with E-state index in [1.54, 1.807) is 7.11 Å². The molecule has 0 aromatic heterocycles. The summed E-state index contributed by atoms with van der Waals surface area (Å²) >= 11 is 0. The molecule has 94 valence electrons. The highest BCUT2D eigenvalue weighted by Gasteiger charge is 2.30. The standard InChI is InChI=1S/C11H22N2O3/c1-7(2)10(6-14)13-11(15)9-4-8(16-3)5-12-9/h7-10,12,14H,4-6H2,1-3H3,(H,13,15)/t8?,9?,10-/m1/s1. The van der Waals surface area contributed by atoms with Gasteiger partial charge in [-0.15, -0.1) is 0 Å². The van der Waals surface area contributed by atoms with Crippen molar-refractivity contribution in [1.82, 2.24) is 10.6 Å². The number of nitrogens with one attached hydrogen (secondary N) is 2. The molecule has 0 aromatic carbocycles. The highest BCUT2D eigenvalue weighted by atomic mass is 16.5. The fraction of sp³-hybridized carbons (Fsp3) is 0.909. The van der Waals surface area contributed by atoms with Crippen molar-refractivity contribution >= 4 is 5.91 Å². The zero-order valence-corrected chi connectivity index (χ0v) is 10.2. The molecule has 2 unspecified atom stereocenters. The average molecular weight is 230 g/mol. The van der Waals surface area contributed by atoms with Gasteiger partial charge in [-0.25, -0.2) is 0 Å². The molecule has 1 heterocycles. The average Bonchev–Trinajstić information content (AvgIpc) is 2.73. The van der Waals surface area contributed by atoms with Crippen molar-refractivity contribution in [2.45, 2.75) is 38.5 Å². The first-order valence-corrected chi connectivity index (χ1v) is 5.75. The van der Waals surface area contributed by atoms with Gasteiger partial charge in [-0.05, 0) is 12.3 Å². The van der Waals surface area contributed by atoms with Crippen LogP contribution in [0.5, 0.6) is 0 Å². The van der Waals surface area contributed by atoms with Gasteiger partial charge >= 0.3 is 0 Å². The predicted molar refractivity (Wildman–Crippen MR) is 61.1 cm³/mol. The molecule has 1 rings (SSSR count). The lowest BCUT2D eigenvalue weighted by molar-refractivity contribution is -0.124. The van der Waals surface area contributed by atoms with Crippen LogP contribution in [0.25, 0.3) is 0 Å². The second-order valence-electron chi connectivity index (χ2n) is 4.60. The molecule has 0 saturated carbocycles. The van der Waals surface area contributed by atoms with Crippen LogP contribution in [-0.2, 0) is 9.53 Å². The van der Waals surface area contributed by atoms with E-state index in [2.05, 4.69) is 10.6 Å². The van der Waals surface area contributed by atoms with Crippen molar-refractivity contribution < 1.29 is 14.6 Å². The van der Waals surface area contributed by atoms with E-state index >= 15 is 0 Å². The Labute approximate surface area is 96.6 Å². The van der Waals surface area contributed by atoms with Gasteiger partial charge < -0.3 is 20.5 Å². The van der Waals surface area contributed by atoms with Crippen LogP contribution < -0.4 is 10.6 Å². The first kappa shape index (κ1) is 13.4. The van der Waals surface area contributed by atoms with Crippen LogP contribution in [0.4, 0.5) is 0 Å². The fourth-order valence-electron chi connectivity index (χ4n) is 1.79. The Balaban J connectivity index is 2.40. The number of hydrogen-bond donors (Lipinski definition) is 3. The highest BCUT2D eigenvalue weighted by Crippen LogP contribution is 2.10. The number of methoxy groups -OCH3 is 1. The number of rotatable bonds is 5. The van der Waals surface area contributed by atoms with Crippen molar-refractivity contribution in [3.8, 4) is 0 Å². The number of carbonyl (C=O) groups is 1. The first-order chi connectivity index (χ1) is 7.58. The van der Waals surface area contributed by atoms with Crippen molar-refractivity contribution in [3.63, 3.8) is 0 Å². The van der Waals surface area contributed by atoms with E-state index in [-0.39, 0.29) is 36.6 Å². The monoisotopic (exact) mass is 230 g/mol. The van der Waals surface area contributed by atoms with Crippen LogP contribution in [0.3, 0.4) is 0 Å². The molecule has 0 aliphatic carbocycles. The molecule has 0 radical (unpaired) electrons. The normalized spacial score (nSPS) is 27.1. The summed E-state index contributed by atoms with van der Waals surface area (Å²) in [6.07, 6.45) is 0.806. The Hall–Kier alpha value is -0.650. The number of aliphatic hydroxyl groups is 1. The third kappa shape index (κ3) is 3.43. The summed E-state index contributed by atoms with van der Waals surface area (Å²) in [6.45, 7) is 4.63. The van der Waals surface area contributed by atoms with E-state index in [1.807, 2.05) is 13.8 Å². The van der Waals surface area contributed by atoms with E-state index < -0.39 is 0 Å². The van der Waals surface area contributed by atoms with Crippen molar-refractivity contribution in [2.75, 3.05) is 20.3 Å². The zero-order valence-electron chi connectivity index (χ0n) is 10.2. The molecule has 5 nitrogen and oxygen atoms in total. The Kier molecular flexibility index (Phi) is 5.18. The Morgan fingerprint density at radius 1 is 1.62 bits per heavy atom. The maximum Gasteiger partial charge on any atom is 0.237 e. The van der Waals surface area contributed by atoms with Crippen LogP contribution in [0, 0.1) is 5.92 Å². The van der Waals surface area contributed by atoms with Gasteiger partial charge in [-0.2, -0.15) is 0 Å². The topological polar surface area (TPSA) is 70.6 Å². The SMILES string of the molecule is COC1CNC(C(=O)N[C@H](CO)C(C)C)C1. The Bertz CT molecular complexity index is 233. The third-order valence-electron chi connectivity index (χ3n) is 3.07. The minimum atomic E-state index is -0.197. The molecule has 3 atom stereocenters. The maximum absolute atomic E-state index is 11.8. The second-order valence-corrected chi connectivity index (χ2v) is 4.60. The molecule has 1 aliphatic heterocycles. The van der Waals surface area contributed by atoms with E-state index in [4.69, 9.17) is 9.84 Å². The maximum atomic E-state index is 11.8.